The van der Waals surface area contributed by atoms with Gasteiger partial charge in [0.15, 0.2) is 11.0 Å². The van der Waals surface area contributed by atoms with Crippen molar-refractivity contribution in [3.8, 4) is 17.1 Å². The summed E-state index contributed by atoms with van der Waals surface area (Å²) in [6.45, 7) is 3.20. The zero-order chi connectivity index (χ0) is 25.8. The lowest BCUT2D eigenvalue weighted by Gasteiger charge is -2.41. The lowest BCUT2D eigenvalue weighted by Crippen LogP contribution is -2.53. The molecule has 0 saturated carbocycles. The molecular formula is C22H23N9O4S2. The van der Waals surface area contributed by atoms with Crippen molar-refractivity contribution in [3.05, 3.63) is 46.4 Å². The summed E-state index contributed by atoms with van der Waals surface area (Å²) in [5.41, 5.74) is 8.30. The summed E-state index contributed by atoms with van der Waals surface area (Å²) in [6.07, 6.45) is -3.06. The van der Waals surface area contributed by atoms with Crippen LogP contribution < -0.4 is 5.73 Å². The van der Waals surface area contributed by atoms with Crippen molar-refractivity contribution in [2.45, 2.75) is 44.3 Å². The lowest BCUT2D eigenvalue weighted by molar-refractivity contribution is -0.210. The van der Waals surface area contributed by atoms with Crippen LogP contribution in [0.1, 0.15) is 28.8 Å². The van der Waals surface area contributed by atoms with Gasteiger partial charge in [0.1, 0.15) is 47.7 Å². The van der Waals surface area contributed by atoms with Gasteiger partial charge >= 0.3 is 0 Å². The average molecular weight is 542 g/mol. The van der Waals surface area contributed by atoms with Crippen LogP contribution in [0.4, 0.5) is 5.13 Å². The number of ether oxygens (including phenoxy) is 1. The molecule has 1 saturated heterocycles. The molecule has 37 heavy (non-hydrogen) atoms. The summed E-state index contributed by atoms with van der Waals surface area (Å²) in [4.78, 5) is 13.3. The standard InChI is InChI=1S/C22H23N9O4S2/c1-9-24-21(31(28-9)11-3-4-12-16(5-11)37-10(2)25-12)20-19(34)17(18(33)15(7-32)35-20)30-6-13(27-29-30)14-8-36-22(23)26-14/h3-6,8,15,17-20,32-34H,7H2,1-2H3,(H2,23,26)/t15-,17+,18+,19-,20-/m1/s1. The first kappa shape index (κ1) is 24.0. The highest BCUT2D eigenvalue weighted by Crippen LogP contribution is 2.39. The molecule has 0 amide bonds. The monoisotopic (exact) mass is 541 g/mol. The highest BCUT2D eigenvalue weighted by Gasteiger charge is 2.48. The lowest BCUT2D eigenvalue weighted by atomic mass is 9.92. The summed E-state index contributed by atoms with van der Waals surface area (Å²) in [6, 6.07) is 4.72. The van der Waals surface area contributed by atoms with Gasteiger partial charge < -0.3 is 25.8 Å². The molecule has 4 aromatic heterocycles. The van der Waals surface area contributed by atoms with Crippen LogP contribution >= 0.6 is 22.7 Å². The van der Waals surface area contributed by atoms with Gasteiger partial charge in [-0.2, -0.15) is 5.10 Å². The van der Waals surface area contributed by atoms with E-state index in [0.29, 0.717) is 28.2 Å². The number of aliphatic hydroxyl groups is 3. The zero-order valence-electron chi connectivity index (χ0n) is 19.7. The Morgan fingerprint density at radius 3 is 2.70 bits per heavy atom. The van der Waals surface area contributed by atoms with Crippen molar-refractivity contribution in [3.63, 3.8) is 0 Å². The molecule has 0 spiro atoms. The largest absolute Gasteiger partial charge is 0.394 e. The van der Waals surface area contributed by atoms with Crippen LogP contribution in [0.15, 0.2) is 29.8 Å². The van der Waals surface area contributed by atoms with E-state index in [1.54, 1.807) is 34.5 Å². The quantitative estimate of drug-likeness (QED) is 0.251. The SMILES string of the molecule is Cc1nc([C@@H]2O[C@H](CO)[C@H](O)[C@H](n3cc(-c4csc(N)n4)nn3)[C@H]2O)n(-c2ccc3nc(C)sc3c2)n1. The fourth-order valence-corrected chi connectivity index (χ4v) is 5.96. The first-order valence-corrected chi connectivity index (χ1v) is 13.1. The number of hydrogen-bond acceptors (Lipinski definition) is 13. The summed E-state index contributed by atoms with van der Waals surface area (Å²) in [7, 11) is 0. The molecule has 5 heterocycles. The van der Waals surface area contributed by atoms with Crippen molar-refractivity contribution >= 4 is 38.0 Å². The molecule has 1 fully saturated rings. The summed E-state index contributed by atoms with van der Waals surface area (Å²) in [5.74, 6) is 0.798. The molecular weight excluding hydrogens is 518 g/mol. The van der Waals surface area contributed by atoms with E-state index in [-0.39, 0.29) is 0 Å². The van der Waals surface area contributed by atoms with Gasteiger partial charge in [-0.3, -0.25) is 0 Å². The van der Waals surface area contributed by atoms with Crippen LogP contribution in [0.3, 0.4) is 0 Å². The fraction of sp³-hybridized carbons (Fsp3) is 0.364. The van der Waals surface area contributed by atoms with Crippen LogP contribution in [0.5, 0.6) is 0 Å². The molecule has 5 aromatic rings. The second-order valence-corrected chi connectivity index (χ2v) is 10.8. The van der Waals surface area contributed by atoms with Crippen LogP contribution in [0, 0.1) is 13.8 Å². The third-order valence-electron chi connectivity index (χ3n) is 6.21. The second-order valence-electron chi connectivity index (χ2n) is 8.72. The smallest absolute Gasteiger partial charge is 0.180 e. The predicted molar refractivity (Wildman–Crippen MR) is 135 cm³/mol. The second kappa shape index (κ2) is 9.20. The van der Waals surface area contributed by atoms with E-state index in [9.17, 15) is 15.3 Å². The van der Waals surface area contributed by atoms with E-state index in [2.05, 4.69) is 30.4 Å². The number of aromatic nitrogens is 8. The van der Waals surface area contributed by atoms with Crippen molar-refractivity contribution in [1.29, 1.82) is 0 Å². The molecule has 0 aliphatic carbocycles. The van der Waals surface area contributed by atoms with Crippen LogP contribution in [-0.2, 0) is 4.74 Å². The third kappa shape index (κ3) is 4.18. The minimum absolute atomic E-state index is 0.327. The Morgan fingerprint density at radius 2 is 1.95 bits per heavy atom. The van der Waals surface area contributed by atoms with Gasteiger partial charge in [-0.15, -0.1) is 27.8 Å². The number of nitrogen functional groups attached to an aromatic ring is 1. The van der Waals surface area contributed by atoms with Gasteiger partial charge in [-0.05, 0) is 32.0 Å². The molecule has 15 heteroatoms. The highest BCUT2D eigenvalue weighted by atomic mass is 32.1. The van der Waals surface area contributed by atoms with Gasteiger partial charge in [-0.25, -0.2) is 24.3 Å². The topological polar surface area (TPSA) is 183 Å². The molecule has 1 aliphatic heterocycles. The van der Waals surface area contributed by atoms with Gasteiger partial charge in [-0.1, -0.05) is 5.21 Å². The van der Waals surface area contributed by atoms with E-state index < -0.39 is 37.1 Å². The summed E-state index contributed by atoms with van der Waals surface area (Å²) in [5, 5.41) is 48.3. The van der Waals surface area contributed by atoms with Crippen molar-refractivity contribution in [2.24, 2.45) is 0 Å². The van der Waals surface area contributed by atoms with E-state index >= 15 is 0 Å². The molecule has 1 aliphatic rings. The molecule has 192 valence electrons. The molecule has 5 atom stereocenters. The minimum atomic E-state index is -1.30. The van der Waals surface area contributed by atoms with Crippen LogP contribution in [0.25, 0.3) is 27.3 Å². The Morgan fingerprint density at radius 1 is 1.11 bits per heavy atom. The van der Waals surface area contributed by atoms with E-state index in [1.807, 2.05) is 25.1 Å². The van der Waals surface area contributed by atoms with E-state index in [4.69, 9.17) is 10.5 Å². The Bertz CT molecular complexity index is 1580. The summed E-state index contributed by atoms with van der Waals surface area (Å²) >= 11 is 2.83. The van der Waals surface area contributed by atoms with Gasteiger partial charge in [0.25, 0.3) is 0 Å². The third-order valence-corrected chi connectivity index (χ3v) is 7.82. The number of aliphatic hydroxyl groups excluding tert-OH is 3. The Kier molecular flexibility index (Phi) is 5.97. The van der Waals surface area contributed by atoms with Gasteiger partial charge in [0, 0.05) is 5.38 Å². The number of thiazole rings is 2. The maximum absolute atomic E-state index is 11.5. The zero-order valence-corrected chi connectivity index (χ0v) is 21.3. The number of nitrogens with zero attached hydrogens (tertiary/aromatic N) is 8. The fourth-order valence-electron chi connectivity index (χ4n) is 4.54. The first-order valence-electron chi connectivity index (χ1n) is 11.4. The number of benzene rings is 1. The maximum atomic E-state index is 11.5. The molecule has 13 nitrogen and oxygen atoms in total. The number of fused-ring (bicyclic) bond motifs is 1. The maximum Gasteiger partial charge on any atom is 0.180 e. The van der Waals surface area contributed by atoms with E-state index in [0.717, 1.165) is 20.9 Å². The predicted octanol–water partition coefficient (Wildman–Crippen LogP) is 1.19. The van der Waals surface area contributed by atoms with Gasteiger partial charge in [0.2, 0.25) is 0 Å². The van der Waals surface area contributed by atoms with Crippen LogP contribution in [0.2, 0.25) is 0 Å². The normalized spacial score (nSPS) is 24.2. The van der Waals surface area contributed by atoms with Crippen molar-refractivity contribution in [1.82, 2.24) is 39.7 Å². The average Bonchev–Trinajstić information content (AvgIpc) is 3.65. The number of hydrogen-bond donors (Lipinski definition) is 4. The molecule has 5 N–H and O–H groups in total. The molecule has 0 unspecified atom stereocenters. The Labute approximate surface area is 217 Å². The number of nitrogens with two attached hydrogens (primary N) is 1. The minimum Gasteiger partial charge on any atom is -0.394 e. The molecule has 1 aromatic carbocycles. The Balaban J connectivity index is 1.39. The first-order chi connectivity index (χ1) is 17.8. The van der Waals surface area contributed by atoms with Crippen LogP contribution in [-0.4, -0.2) is 80.0 Å². The molecule has 0 radical (unpaired) electrons. The molecule has 6 rings (SSSR count). The highest BCUT2D eigenvalue weighted by molar-refractivity contribution is 7.18. The van der Waals surface area contributed by atoms with Crippen molar-refractivity contribution < 1.29 is 20.1 Å². The number of aryl methyl sites for hydroxylation is 2. The number of anilines is 1. The Hall–Kier alpha value is -3.34. The van der Waals surface area contributed by atoms with Crippen molar-refractivity contribution in [2.75, 3.05) is 12.3 Å². The summed E-state index contributed by atoms with van der Waals surface area (Å²) < 4.78 is 9.93. The number of rotatable bonds is 5. The van der Waals surface area contributed by atoms with Gasteiger partial charge in [0.05, 0.1) is 33.7 Å². The molecule has 0 bridgehead atoms. The van der Waals surface area contributed by atoms with E-state index in [1.165, 1.54) is 16.0 Å².